The molecular formula is C24H29N5O3S. The molecule has 8 nitrogen and oxygen atoms in total. The molecule has 4 rings (SSSR count). The maximum Gasteiger partial charge on any atom is 0.252 e. The Bertz CT molecular complexity index is 1240. The van der Waals surface area contributed by atoms with Gasteiger partial charge in [0.1, 0.15) is 5.82 Å². The van der Waals surface area contributed by atoms with Gasteiger partial charge in [0, 0.05) is 50.0 Å². The molecule has 0 aliphatic carbocycles. The number of nitrogens with zero attached hydrogens (tertiary/aromatic N) is 4. The van der Waals surface area contributed by atoms with Crippen LogP contribution in [0.4, 0.5) is 5.82 Å². The lowest BCUT2D eigenvalue weighted by Gasteiger charge is -2.34. The molecule has 0 unspecified atom stereocenters. The summed E-state index contributed by atoms with van der Waals surface area (Å²) in [6, 6.07) is 13.2. The van der Waals surface area contributed by atoms with E-state index in [2.05, 4.69) is 20.2 Å². The molecule has 1 fully saturated rings. The van der Waals surface area contributed by atoms with Gasteiger partial charge in [0.25, 0.3) is 5.91 Å². The number of nitrogens with one attached hydrogen (secondary N) is 1. The number of benzene rings is 1. The van der Waals surface area contributed by atoms with Crippen molar-refractivity contribution in [2.24, 2.45) is 0 Å². The van der Waals surface area contributed by atoms with Crippen molar-refractivity contribution < 1.29 is 13.2 Å². The first-order chi connectivity index (χ1) is 15.9. The molecule has 1 saturated heterocycles. The highest BCUT2D eigenvalue weighted by atomic mass is 32.2. The highest BCUT2D eigenvalue weighted by Gasteiger charge is 2.27. The Morgan fingerprint density at radius 3 is 2.48 bits per heavy atom. The average Bonchev–Trinajstić information content (AvgIpc) is 2.84. The third-order valence-corrected chi connectivity index (χ3v) is 7.92. The van der Waals surface area contributed by atoms with Gasteiger partial charge in [-0.2, -0.15) is 4.31 Å². The third-order valence-electron chi connectivity index (χ3n) is 6.05. The van der Waals surface area contributed by atoms with Gasteiger partial charge in [-0.05, 0) is 37.1 Å². The molecule has 1 aromatic carbocycles. The lowest BCUT2D eigenvalue weighted by Crippen LogP contribution is -2.50. The van der Waals surface area contributed by atoms with Crippen LogP contribution in [0.25, 0.3) is 10.9 Å². The highest BCUT2D eigenvalue weighted by molar-refractivity contribution is 7.89. The van der Waals surface area contributed by atoms with Gasteiger partial charge in [0.2, 0.25) is 10.0 Å². The van der Waals surface area contributed by atoms with Crippen molar-refractivity contribution in [3.63, 3.8) is 0 Å². The Balaban J connectivity index is 1.38. The van der Waals surface area contributed by atoms with E-state index >= 15 is 0 Å². The zero-order valence-electron chi connectivity index (χ0n) is 19.0. The van der Waals surface area contributed by atoms with Crippen LogP contribution >= 0.6 is 0 Å². The van der Waals surface area contributed by atoms with Gasteiger partial charge in [-0.25, -0.2) is 13.4 Å². The minimum absolute atomic E-state index is 0.0547. The summed E-state index contributed by atoms with van der Waals surface area (Å²) in [5.41, 5.74) is 3.04. The fourth-order valence-electron chi connectivity index (χ4n) is 4.24. The molecule has 1 aliphatic rings. The van der Waals surface area contributed by atoms with Crippen LogP contribution in [0.5, 0.6) is 0 Å². The predicted molar refractivity (Wildman–Crippen MR) is 130 cm³/mol. The van der Waals surface area contributed by atoms with Crippen LogP contribution in [0.1, 0.15) is 28.5 Å². The Morgan fingerprint density at radius 2 is 1.79 bits per heavy atom. The molecule has 3 aromatic rings. The van der Waals surface area contributed by atoms with Crippen LogP contribution in [0, 0.1) is 6.92 Å². The topological polar surface area (TPSA) is 95.5 Å². The van der Waals surface area contributed by atoms with Crippen molar-refractivity contribution in [1.29, 1.82) is 0 Å². The van der Waals surface area contributed by atoms with Crippen LogP contribution < -0.4 is 10.2 Å². The number of amides is 1. The zero-order chi connectivity index (χ0) is 23.4. The maximum absolute atomic E-state index is 13.0. The standard InChI is InChI=1S/C24H29N5O3S/c1-3-20-18(2)23(19-8-4-5-9-21(19)27-20)24(30)26-12-17-33(31,32)29-15-13-28(14-16-29)22-10-6-7-11-25-22/h4-11H,3,12-17H2,1-2H3,(H,26,30). The number of carbonyl (C=O) groups is 1. The van der Waals surface area contributed by atoms with E-state index in [4.69, 9.17) is 0 Å². The van der Waals surface area contributed by atoms with Crippen LogP contribution in [-0.2, 0) is 16.4 Å². The summed E-state index contributed by atoms with van der Waals surface area (Å²) in [6.45, 7) is 5.94. The van der Waals surface area contributed by atoms with Gasteiger partial charge in [0.05, 0.1) is 16.8 Å². The SMILES string of the molecule is CCc1nc2ccccc2c(C(=O)NCCS(=O)(=O)N2CCN(c3ccccn3)CC2)c1C. The third kappa shape index (κ3) is 4.99. The quantitative estimate of drug-likeness (QED) is 0.573. The number of pyridine rings is 2. The monoisotopic (exact) mass is 467 g/mol. The predicted octanol–water partition coefficient (Wildman–Crippen LogP) is 2.38. The van der Waals surface area contributed by atoms with Crippen molar-refractivity contribution >= 4 is 32.7 Å². The molecule has 9 heteroatoms. The molecule has 33 heavy (non-hydrogen) atoms. The van der Waals surface area contributed by atoms with Gasteiger partial charge < -0.3 is 10.2 Å². The van der Waals surface area contributed by atoms with Crippen molar-refractivity contribution in [3.8, 4) is 0 Å². The van der Waals surface area contributed by atoms with E-state index in [1.165, 1.54) is 4.31 Å². The largest absolute Gasteiger partial charge is 0.354 e. The van der Waals surface area contributed by atoms with E-state index in [9.17, 15) is 13.2 Å². The van der Waals surface area contributed by atoms with Crippen molar-refractivity contribution in [2.45, 2.75) is 20.3 Å². The minimum Gasteiger partial charge on any atom is -0.354 e. The molecule has 0 spiro atoms. The normalized spacial score (nSPS) is 15.0. The van der Waals surface area contributed by atoms with Crippen LogP contribution in [0.2, 0.25) is 0 Å². The number of hydrogen-bond acceptors (Lipinski definition) is 6. The summed E-state index contributed by atoms with van der Waals surface area (Å²) in [6.07, 6.45) is 2.45. The fourth-order valence-corrected chi connectivity index (χ4v) is 5.58. The second kappa shape index (κ2) is 9.84. The molecule has 3 heterocycles. The Kier molecular flexibility index (Phi) is 6.90. The lowest BCUT2D eigenvalue weighted by atomic mass is 9.99. The van der Waals surface area contributed by atoms with Crippen LogP contribution in [-0.4, -0.2) is 67.1 Å². The number of fused-ring (bicyclic) bond motifs is 1. The second-order valence-corrected chi connectivity index (χ2v) is 10.2. The number of piperazine rings is 1. The van der Waals surface area contributed by atoms with Gasteiger partial charge >= 0.3 is 0 Å². The van der Waals surface area contributed by atoms with E-state index in [0.29, 0.717) is 31.7 Å². The number of rotatable bonds is 7. The average molecular weight is 468 g/mol. The number of anilines is 1. The molecule has 0 saturated carbocycles. The molecule has 1 N–H and O–H groups in total. The smallest absolute Gasteiger partial charge is 0.252 e. The van der Waals surface area contributed by atoms with Crippen LogP contribution in [0.3, 0.4) is 0 Å². The maximum atomic E-state index is 13.0. The summed E-state index contributed by atoms with van der Waals surface area (Å²) in [7, 11) is -3.47. The van der Waals surface area contributed by atoms with E-state index in [1.54, 1.807) is 6.20 Å². The highest BCUT2D eigenvalue weighted by Crippen LogP contribution is 2.23. The van der Waals surface area contributed by atoms with Crippen molar-refractivity contribution in [1.82, 2.24) is 19.6 Å². The van der Waals surface area contributed by atoms with Crippen molar-refractivity contribution in [3.05, 3.63) is 65.5 Å². The molecule has 1 aliphatic heterocycles. The first kappa shape index (κ1) is 23.1. The van der Waals surface area contributed by atoms with E-state index in [1.807, 2.05) is 56.3 Å². The molecule has 0 bridgehead atoms. The molecule has 0 atom stereocenters. The molecule has 1 amide bonds. The summed E-state index contributed by atoms with van der Waals surface area (Å²) in [5, 5.41) is 3.60. The number of para-hydroxylation sites is 1. The summed E-state index contributed by atoms with van der Waals surface area (Å²) >= 11 is 0. The fraction of sp³-hybridized carbons (Fsp3) is 0.375. The number of carbonyl (C=O) groups excluding carboxylic acids is 1. The second-order valence-electron chi connectivity index (χ2n) is 8.08. The summed E-state index contributed by atoms with van der Waals surface area (Å²) in [5.74, 6) is 0.453. The van der Waals surface area contributed by atoms with E-state index < -0.39 is 10.0 Å². The van der Waals surface area contributed by atoms with E-state index in [-0.39, 0.29) is 18.2 Å². The van der Waals surface area contributed by atoms with Gasteiger partial charge in [0.15, 0.2) is 0 Å². The molecular weight excluding hydrogens is 438 g/mol. The first-order valence-electron chi connectivity index (χ1n) is 11.2. The first-order valence-corrected chi connectivity index (χ1v) is 12.8. The van der Waals surface area contributed by atoms with Crippen molar-refractivity contribution in [2.75, 3.05) is 43.4 Å². The van der Waals surface area contributed by atoms with Gasteiger partial charge in [-0.1, -0.05) is 31.2 Å². The minimum atomic E-state index is -3.47. The zero-order valence-corrected chi connectivity index (χ0v) is 19.8. The Hall–Kier alpha value is -3.04. The Morgan fingerprint density at radius 1 is 1.06 bits per heavy atom. The van der Waals surface area contributed by atoms with Gasteiger partial charge in [-0.3, -0.25) is 9.78 Å². The summed E-state index contributed by atoms with van der Waals surface area (Å²) < 4.78 is 27.2. The number of hydrogen-bond donors (Lipinski definition) is 1. The van der Waals surface area contributed by atoms with Gasteiger partial charge in [-0.15, -0.1) is 0 Å². The molecule has 2 aromatic heterocycles. The summed E-state index contributed by atoms with van der Waals surface area (Å²) in [4.78, 5) is 24.1. The Labute approximate surface area is 194 Å². The number of sulfonamides is 1. The number of aromatic nitrogens is 2. The molecule has 174 valence electrons. The van der Waals surface area contributed by atoms with Crippen LogP contribution in [0.15, 0.2) is 48.7 Å². The molecule has 0 radical (unpaired) electrons. The number of aryl methyl sites for hydroxylation is 1. The van der Waals surface area contributed by atoms with E-state index in [0.717, 1.165) is 34.4 Å². The lowest BCUT2D eigenvalue weighted by molar-refractivity contribution is 0.0957.